The average Bonchev–Trinajstić information content (AvgIpc) is 3.64. The van der Waals surface area contributed by atoms with E-state index in [4.69, 9.17) is 5.73 Å². The highest BCUT2D eigenvalue weighted by Gasteiger charge is 2.19. The fourth-order valence-electron chi connectivity index (χ4n) is 6.29. The maximum Gasteiger partial charge on any atom is 0.101 e. The second-order valence-electron chi connectivity index (χ2n) is 11.3. The molecule has 0 aliphatic rings. The zero-order chi connectivity index (χ0) is 30.3. The highest BCUT2D eigenvalue weighted by Crippen LogP contribution is 2.44. The molecule has 1 unspecified atom stereocenters. The van der Waals surface area contributed by atoms with Crippen LogP contribution in [-0.4, -0.2) is 4.57 Å². The van der Waals surface area contributed by atoms with Gasteiger partial charge in [-0.25, -0.2) is 0 Å². The van der Waals surface area contributed by atoms with Gasteiger partial charge in [0.25, 0.3) is 0 Å². The fraction of sp³-hybridized carbons (Fsp3) is 0.0244. The molecule has 0 spiro atoms. The lowest BCUT2D eigenvalue weighted by Gasteiger charge is -2.20. The maximum absolute atomic E-state index is 6.68. The van der Waals surface area contributed by atoms with Crippen molar-refractivity contribution in [3.05, 3.63) is 175 Å². The molecule has 3 nitrogen and oxygen atoms in total. The first-order valence-corrected chi connectivity index (χ1v) is 15.9. The standard InChI is InChI=1S/C41H31N3S/c1-27(28-12-4-2-5-13-28)26-36(43-41(42)31-15-6-3-7-16-31)30-20-23-32(24-21-30)44-37-19-11-10-18-34(37)40-38(44)35-25-22-29-14-8-9-17-33(29)39(35)45-40/h2-26,41,43H,1,42H2/b36-26-. The molecule has 1 atom stereocenters. The van der Waals surface area contributed by atoms with Crippen LogP contribution in [-0.2, 0) is 0 Å². The number of allylic oxidation sites excluding steroid dienone is 2. The van der Waals surface area contributed by atoms with Crippen molar-refractivity contribution in [1.29, 1.82) is 0 Å². The SMILES string of the molecule is C=C(/C=C(\NC(N)c1ccccc1)c1ccc(-n2c3ccccc3c3sc4c5ccccc5ccc4c32)cc1)c1ccccc1. The van der Waals surface area contributed by atoms with Crippen LogP contribution in [0.25, 0.3) is 58.9 Å². The van der Waals surface area contributed by atoms with Crippen molar-refractivity contribution in [1.82, 2.24) is 9.88 Å². The van der Waals surface area contributed by atoms with Gasteiger partial charge in [-0.15, -0.1) is 11.3 Å². The van der Waals surface area contributed by atoms with Crippen LogP contribution in [0.2, 0.25) is 0 Å². The highest BCUT2D eigenvalue weighted by atomic mass is 32.1. The summed E-state index contributed by atoms with van der Waals surface area (Å²) in [5.41, 5.74) is 15.2. The quantitative estimate of drug-likeness (QED) is 0.142. The Morgan fingerprint density at radius 2 is 1.31 bits per heavy atom. The van der Waals surface area contributed by atoms with E-state index < -0.39 is 0 Å². The number of hydrogen-bond acceptors (Lipinski definition) is 3. The minimum atomic E-state index is -0.374. The third-order valence-corrected chi connectivity index (χ3v) is 9.80. The topological polar surface area (TPSA) is 43.0 Å². The summed E-state index contributed by atoms with van der Waals surface area (Å²) in [6.45, 7) is 4.38. The van der Waals surface area contributed by atoms with E-state index in [0.29, 0.717) is 0 Å². The van der Waals surface area contributed by atoms with Gasteiger partial charge in [0, 0.05) is 26.9 Å². The van der Waals surface area contributed by atoms with Crippen molar-refractivity contribution in [3.8, 4) is 5.69 Å². The number of nitrogens with one attached hydrogen (secondary N) is 1. The van der Waals surface area contributed by atoms with Crippen molar-refractivity contribution in [3.63, 3.8) is 0 Å². The number of fused-ring (bicyclic) bond motifs is 7. The van der Waals surface area contributed by atoms with E-state index in [1.54, 1.807) is 0 Å². The van der Waals surface area contributed by atoms with Crippen LogP contribution in [0.15, 0.2) is 158 Å². The molecule has 0 aliphatic heterocycles. The summed E-state index contributed by atoms with van der Waals surface area (Å²) in [7, 11) is 0. The van der Waals surface area contributed by atoms with Gasteiger partial charge >= 0.3 is 0 Å². The van der Waals surface area contributed by atoms with Gasteiger partial charge in [0.15, 0.2) is 0 Å². The summed E-state index contributed by atoms with van der Waals surface area (Å²) in [5.74, 6) is 0. The van der Waals surface area contributed by atoms with Crippen LogP contribution < -0.4 is 11.1 Å². The van der Waals surface area contributed by atoms with Gasteiger partial charge in [-0.05, 0) is 57.3 Å². The van der Waals surface area contributed by atoms with Gasteiger partial charge in [-0.2, -0.15) is 0 Å². The minimum absolute atomic E-state index is 0.374. The third kappa shape index (κ3) is 4.81. The van der Waals surface area contributed by atoms with Crippen LogP contribution in [0.5, 0.6) is 0 Å². The molecule has 2 aromatic heterocycles. The Balaban J connectivity index is 1.26. The molecular weight excluding hydrogens is 567 g/mol. The Kier molecular flexibility index (Phi) is 6.79. The molecule has 216 valence electrons. The normalized spacial score (nSPS) is 12.7. The van der Waals surface area contributed by atoms with Gasteiger partial charge in [0.2, 0.25) is 0 Å². The Morgan fingerprint density at radius 3 is 2.09 bits per heavy atom. The van der Waals surface area contributed by atoms with Crippen LogP contribution in [0, 0.1) is 0 Å². The van der Waals surface area contributed by atoms with Crippen LogP contribution >= 0.6 is 11.3 Å². The van der Waals surface area contributed by atoms with E-state index in [1.807, 2.05) is 59.9 Å². The number of nitrogens with zero attached hydrogens (tertiary/aromatic N) is 1. The highest BCUT2D eigenvalue weighted by molar-refractivity contribution is 7.27. The van der Waals surface area contributed by atoms with Crippen LogP contribution in [0.4, 0.5) is 0 Å². The molecule has 4 heteroatoms. The van der Waals surface area contributed by atoms with Gasteiger partial charge < -0.3 is 15.6 Å². The van der Waals surface area contributed by atoms with E-state index in [0.717, 1.165) is 33.6 Å². The van der Waals surface area contributed by atoms with Crippen molar-refractivity contribution < 1.29 is 0 Å². The number of benzene rings is 6. The lowest BCUT2D eigenvalue weighted by atomic mass is 10.0. The first-order chi connectivity index (χ1) is 22.2. The Bertz CT molecular complexity index is 2360. The van der Waals surface area contributed by atoms with Gasteiger partial charge in [0.05, 0.1) is 15.7 Å². The zero-order valence-electron chi connectivity index (χ0n) is 24.7. The molecule has 0 fully saturated rings. The number of nitrogens with two attached hydrogens (primary N) is 1. The Hall–Kier alpha value is -5.42. The maximum atomic E-state index is 6.68. The average molecular weight is 598 g/mol. The van der Waals surface area contributed by atoms with Gasteiger partial charge in [-0.1, -0.05) is 134 Å². The zero-order valence-corrected chi connectivity index (χ0v) is 25.5. The first-order valence-electron chi connectivity index (χ1n) is 15.1. The molecule has 0 amide bonds. The summed E-state index contributed by atoms with van der Waals surface area (Å²) < 4.78 is 5.06. The molecule has 6 aromatic carbocycles. The largest absolute Gasteiger partial charge is 0.366 e. The summed E-state index contributed by atoms with van der Waals surface area (Å²) in [5, 5.41) is 8.70. The van der Waals surface area contributed by atoms with Crippen molar-refractivity contribution in [2.75, 3.05) is 0 Å². The Morgan fingerprint density at radius 1 is 0.644 bits per heavy atom. The number of rotatable bonds is 7. The minimum Gasteiger partial charge on any atom is -0.366 e. The summed E-state index contributed by atoms with van der Waals surface area (Å²) in [6.07, 6.45) is 1.72. The lowest BCUT2D eigenvalue weighted by molar-refractivity contribution is 0.667. The van der Waals surface area contributed by atoms with Gasteiger partial charge in [0.1, 0.15) is 6.17 Å². The fourth-order valence-corrected chi connectivity index (χ4v) is 7.64. The smallest absolute Gasteiger partial charge is 0.101 e. The monoisotopic (exact) mass is 597 g/mol. The molecular formula is C41H31N3S. The number of hydrogen-bond donors (Lipinski definition) is 2. The predicted octanol–water partition coefficient (Wildman–Crippen LogP) is 10.5. The summed E-state index contributed by atoms with van der Waals surface area (Å²) in [4.78, 5) is 0. The predicted molar refractivity (Wildman–Crippen MR) is 194 cm³/mol. The molecule has 0 radical (unpaired) electrons. The van der Waals surface area contributed by atoms with Crippen molar-refractivity contribution in [2.24, 2.45) is 5.73 Å². The van der Waals surface area contributed by atoms with Crippen molar-refractivity contribution in [2.45, 2.75) is 6.17 Å². The van der Waals surface area contributed by atoms with Gasteiger partial charge in [-0.3, -0.25) is 0 Å². The second kappa shape index (κ2) is 11.3. The second-order valence-corrected chi connectivity index (χ2v) is 12.3. The molecule has 0 bridgehead atoms. The van der Waals surface area contributed by atoms with Crippen molar-refractivity contribution >= 4 is 64.6 Å². The van der Waals surface area contributed by atoms with E-state index in [-0.39, 0.29) is 6.17 Å². The summed E-state index contributed by atoms with van der Waals surface area (Å²) >= 11 is 1.89. The van der Waals surface area contributed by atoms with E-state index >= 15 is 0 Å². The van der Waals surface area contributed by atoms with E-state index in [1.165, 1.54) is 42.0 Å². The van der Waals surface area contributed by atoms with Crippen LogP contribution in [0.1, 0.15) is 22.9 Å². The molecule has 0 saturated carbocycles. The Labute approximate surface area is 266 Å². The third-order valence-electron chi connectivity index (χ3n) is 8.54. The molecule has 8 aromatic rings. The molecule has 45 heavy (non-hydrogen) atoms. The number of aromatic nitrogens is 1. The number of thiophene rings is 1. The molecule has 0 aliphatic carbocycles. The first kappa shape index (κ1) is 27.2. The molecule has 3 N–H and O–H groups in total. The van der Waals surface area contributed by atoms with E-state index in [9.17, 15) is 0 Å². The summed E-state index contributed by atoms with van der Waals surface area (Å²) in [6, 6.07) is 51.0. The van der Waals surface area contributed by atoms with Crippen LogP contribution in [0.3, 0.4) is 0 Å². The molecule has 0 saturated heterocycles. The van der Waals surface area contributed by atoms with E-state index in [2.05, 4.69) is 120 Å². The molecule has 2 heterocycles. The lowest BCUT2D eigenvalue weighted by Crippen LogP contribution is -2.27. The number of para-hydroxylation sites is 1. The molecule has 8 rings (SSSR count).